The number of ether oxygens (including phenoxy) is 1. The van der Waals surface area contributed by atoms with Crippen LogP contribution >= 0.6 is 0 Å². The van der Waals surface area contributed by atoms with E-state index in [1.54, 1.807) is 20.0 Å². The van der Waals surface area contributed by atoms with E-state index in [-0.39, 0.29) is 24.9 Å². The Kier molecular flexibility index (Phi) is 9.24. The highest BCUT2D eigenvalue weighted by Gasteiger charge is 2.62. The van der Waals surface area contributed by atoms with Crippen LogP contribution in [0.2, 0.25) is 0 Å². The van der Waals surface area contributed by atoms with E-state index in [0.29, 0.717) is 18.8 Å². The lowest BCUT2D eigenvalue weighted by Gasteiger charge is -2.45. The summed E-state index contributed by atoms with van der Waals surface area (Å²) in [5.74, 6) is -0.845. The van der Waals surface area contributed by atoms with Crippen LogP contribution in [0.1, 0.15) is 63.5 Å². The predicted octanol–water partition coefficient (Wildman–Crippen LogP) is 1.88. The quantitative estimate of drug-likeness (QED) is 0.373. The van der Waals surface area contributed by atoms with Crippen molar-refractivity contribution >= 4 is 17.7 Å². The SMILES string of the molecule is CN[C@@H](C)C(=O)N[C@H](C(=O)N1C[C@H]2CC(O)(C(F)(F)F)CN2CC1C(=O)N[C@@H]1CCOc2ccccc21)C1CCCCC1. The van der Waals surface area contributed by atoms with Crippen molar-refractivity contribution in [3.8, 4) is 5.75 Å². The van der Waals surface area contributed by atoms with Gasteiger partial charge < -0.3 is 30.7 Å². The van der Waals surface area contributed by atoms with Gasteiger partial charge in [0.05, 0.1) is 18.7 Å². The second kappa shape index (κ2) is 12.6. The second-order valence-corrected chi connectivity index (χ2v) is 12.5. The molecule has 4 aliphatic rings. The molecule has 10 nitrogen and oxygen atoms in total. The summed E-state index contributed by atoms with van der Waals surface area (Å²) >= 11 is 0. The molecule has 1 saturated carbocycles. The molecule has 13 heteroatoms. The van der Waals surface area contributed by atoms with Crippen molar-refractivity contribution in [2.45, 2.75) is 93.9 Å². The van der Waals surface area contributed by atoms with Gasteiger partial charge in [-0.05, 0) is 38.8 Å². The van der Waals surface area contributed by atoms with Crippen molar-refractivity contribution in [3.05, 3.63) is 29.8 Å². The Morgan fingerprint density at radius 2 is 1.81 bits per heavy atom. The highest BCUT2D eigenvalue weighted by Crippen LogP contribution is 2.42. The fourth-order valence-corrected chi connectivity index (χ4v) is 6.99. The molecule has 0 aromatic heterocycles. The molecule has 3 aliphatic heterocycles. The van der Waals surface area contributed by atoms with Crippen molar-refractivity contribution in [2.24, 2.45) is 5.92 Å². The molecule has 43 heavy (non-hydrogen) atoms. The van der Waals surface area contributed by atoms with Gasteiger partial charge in [-0.2, -0.15) is 13.2 Å². The van der Waals surface area contributed by atoms with Gasteiger partial charge in [0.25, 0.3) is 0 Å². The average molecular weight is 610 g/mol. The zero-order chi connectivity index (χ0) is 30.9. The van der Waals surface area contributed by atoms with Crippen LogP contribution in [0.3, 0.4) is 0 Å². The number of fused-ring (bicyclic) bond motifs is 2. The zero-order valence-electron chi connectivity index (χ0n) is 24.7. The number of halogens is 3. The molecule has 6 atom stereocenters. The number of para-hydroxylation sites is 1. The minimum Gasteiger partial charge on any atom is -0.493 e. The van der Waals surface area contributed by atoms with E-state index in [9.17, 15) is 32.7 Å². The number of rotatable bonds is 7. The highest BCUT2D eigenvalue weighted by atomic mass is 19.4. The number of carbonyl (C=O) groups is 3. The van der Waals surface area contributed by atoms with E-state index in [1.807, 2.05) is 18.2 Å². The van der Waals surface area contributed by atoms with E-state index in [0.717, 1.165) is 37.7 Å². The first-order valence-electron chi connectivity index (χ1n) is 15.2. The molecule has 3 amide bonds. The van der Waals surface area contributed by atoms with Crippen molar-refractivity contribution in [2.75, 3.05) is 33.3 Å². The molecule has 1 aromatic carbocycles. The van der Waals surface area contributed by atoms with Crippen molar-refractivity contribution in [1.29, 1.82) is 0 Å². The highest BCUT2D eigenvalue weighted by molar-refractivity contribution is 5.93. The first kappa shape index (κ1) is 31.5. The lowest BCUT2D eigenvalue weighted by Crippen LogP contribution is -2.66. The fraction of sp³-hybridized carbons (Fsp3) is 0.700. The summed E-state index contributed by atoms with van der Waals surface area (Å²) in [7, 11) is 1.64. The first-order valence-corrected chi connectivity index (χ1v) is 15.2. The Morgan fingerprint density at radius 1 is 1.09 bits per heavy atom. The van der Waals surface area contributed by atoms with Gasteiger partial charge in [-0.15, -0.1) is 0 Å². The number of carbonyl (C=O) groups excluding carboxylic acids is 3. The van der Waals surface area contributed by atoms with Gasteiger partial charge in [0, 0.05) is 44.1 Å². The topological polar surface area (TPSA) is 123 Å². The minimum atomic E-state index is -4.86. The van der Waals surface area contributed by atoms with Crippen LogP contribution in [0, 0.1) is 5.92 Å². The number of nitrogens with zero attached hydrogens (tertiary/aromatic N) is 2. The fourth-order valence-electron chi connectivity index (χ4n) is 6.99. The standard InChI is InChI=1S/C30H42F3N5O5/c1-18(34-2)26(39)36-25(19-8-4-3-5-9-19)28(41)38-15-20-14-29(42,30(31,32)33)17-37(20)16-23(38)27(40)35-22-12-13-43-24-11-7-6-10-21(22)24/h6-7,10-11,18-20,22-23,25,34,42H,3-5,8-9,12-17H2,1-2H3,(H,35,40)(H,36,39)/t18-,20+,22+,23?,25-,29?/m0/s1. The third kappa shape index (κ3) is 6.48. The van der Waals surface area contributed by atoms with Crippen LogP contribution in [0.4, 0.5) is 13.2 Å². The molecule has 0 radical (unpaired) electrons. The maximum Gasteiger partial charge on any atom is 0.418 e. The van der Waals surface area contributed by atoms with E-state index in [4.69, 9.17) is 4.74 Å². The lowest BCUT2D eigenvalue weighted by molar-refractivity contribution is -0.254. The molecule has 0 spiro atoms. The number of aliphatic hydroxyl groups is 1. The van der Waals surface area contributed by atoms with Crippen LogP contribution < -0.4 is 20.7 Å². The van der Waals surface area contributed by atoms with Crippen molar-refractivity contribution in [1.82, 2.24) is 25.8 Å². The van der Waals surface area contributed by atoms with Gasteiger partial charge in [0.1, 0.15) is 17.8 Å². The summed E-state index contributed by atoms with van der Waals surface area (Å²) < 4.78 is 47.3. The third-order valence-electron chi connectivity index (χ3n) is 9.65. The molecule has 2 saturated heterocycles. The number of nitrogens with one attached hydrogen (secondary N) is 3. The molecule has 0 bridgehead atoms. The Balaban J connectivity index is 1.44. The first-order chi connectivity index (χ1) is 20.4. The molecule has 3 fully saturated rings. The summed E-state index contributed by atoms with van der Waals surface area (Å²) in [5, 5.41) is 19.4. The lowest BCUT2D eigenvalue weighted by atomic mass is 9.82. The van der Waals surface area contributed by atoms with Gasteiger partial charge >= 0.3 is 6.18 Å². The normalized spacial score (nSPS) is 29.5. The number of likely N-dealkylation sites (N-methyl/N-ethyl adjacent to an activating group) is 1. The van der Waals surface area contributed by atoms with Crippen LogP contribution in [-0.4, -0.2) is 102 Å². The summed E-state index contributed by atoms with van der Waals surface area (Å²) in [6.07, 6.45) is -0.708. The third-order valence-corrected chi connectivity index (χ3v) is 9.65. The van der Waals surface area contributed by atoms with Gasteiger partial charge in [-0.25, -0.2) is 0 Å². The molecule has 3 heterocycles. The average Bonchev–Trinajstić information content (AvgIpc) is 3.35. The van der Waals surface area contributed by atoms with Crippen LogP contribution in [0.25, 0.3) is 0 Å². The Labute approximate surface area is 249 Å². The second-order valence-electron chi connectivity index (χ2n) is 12.5. The molecule has 238 valence electrons. The molecule has 2 unspecified atom stereocenters. The van der Waals surface area contributed by atoms with E-state index >= 15 is 0 Å². The van der Waals surface area contributed by atoms with Crippen molar-refractivity contribution < 1.29 is 37.4 Å². The Morgan fingerprint density at radius 3 is 2.51 bits per heavy atom. The molecule has 5 rings (SSSR count). The maximum absolute atomic E-state index is 14.4. The molecule has 1 aliphatic carbocycles. The summed E-state index contributed by atoms with van der Waals surface area (Å²) in [6, 6.07) is 3.52. The zero-order valence-corrected chi connectivity index (χ0v) is 24.7. The molecule has 1 aromatic rings. The largest absolute Gasteiger partial charge is 0.493 e. The van der Waals surface area contributed by atoms with E-state index < -0.39 is 66.8 Å². The Hall–Kier alpha value is -2.90. The van der Waals surface area contributed by atoms with Gasteiger partial charge in [-0.1, -0.05) is 37.5 Å². The number of alkyl halides is 3. The molecular weight excluding hydrogens is 567 g/mol. The van der Waals surface area contributed by atoms with Gasteiger partial charge in [0.15, 0.2) is 5.60 Å². The van der Waals surface area contributed by atoms with Crippen LogP contribution in [0.15, 0.2) is 24.3 Å². The number of benzene rings is 1. The predicted molar refractivity (Wildman–Crippen MR) is 151 cm³/mol. The maximum atomic E-state index is 14.4. The smallest absolute Gasteiger partial charge is 0.418 e. The van der Waals surface area contributed by atoms with Gasteiger partial charge in [0.2, 0.25) is 17.7 Å². The van der Waals surface area contributed by atoms with Gasteiger partial charge in [-0.3, -0.25) is 19.3 Å². The summed E-state index contributed by atoms with van der Waals surface area (Å²) in [4.78, 5) is 44.2. The molecule has 4 N–H and O–H groups in total. The van der Waals surface area contributed by atoms with Crippen molar-refractivity contribution in [3.63, 3.8) is 0 Å². The number of hydrogen-bond acceptors (Lipinski definition) is 7. The van der Waals surface area contributed by atoms with E-state index in [1.165, 1.54) is 9.80 Å². The monoisotopic (exact) mass is 609 g/mol. The molecular formula is C30H42F3N5O5. The number of hydrogen-bond donors (Lipinski definition) is 4. The Bertz CT molecular complexity index is 1190. The number of amides is 3. The summed E-state index contributed by atoms with van der Waals surface area (Å²) in [6.45, 7) is 1.05. The number of piperazine rings is 1. The van der Waals surface area contributed by atoms with Crippen LogP contribution in [0.5, 0.6) is 5.75 Å². The van der Waals surface area contributed by atoms with Crippen LogP contribution in [-0.2, 0) is 14.4 Å². The minimum absolute atomic E-state index is 0.158. The summed E-state index contributed by atoms with van der Waals surface area (Å²) in [5.41, 5.74) is -2.15. The van der Waals surface area contributed by atoms with E-state index in [2.05, 4.69) is 16.0 Å².